The summed E-state index contributed by atoms with van der Waals surface area (Å²) in [6.07, 6.45) is 0. The number of hydrogen-bond donors (Lipinski definition) is 1. The third kappa shape index (κ3) is 3.22. The van der Waals surface area contributed by atoms with Crippen molar-refractivity contribution in [3.8, 4) is 0 Å². The molecule has 0 saturated carbocycles. The Balaban J connectivity index is 2.22. The van der Waals surface area contributed by atoms with Crippen molar-refractivity contribution in [3.63, 3.8) is 0 Å². The molecule has 0 saturated heterocycles. The van der Waals surface area contributed by atoms with Gasteiger partial charge >= 0.3 is 0 Å². The summed E-state index contributed by atoms with van der Waals surface area (Å²) >= 11 is 0. The molecule has 0 bridgehead atoms. The number of nitrogens with one attached hydrogen (secondary N) is 1. The highest BCUT2D eigenvalue weighted by atomic mass is 14.9. The van der Waals surface area contributed by atoms with Crippen LogP contribution in [-0.4, -0.2) is 0 Å². The zero-order valence-electron chi connectivity index (χ0n) is 13.2. The van der Waals surface area contributed by atoms with E-state index in [9.17, 15) is 0 Å². The Hall–Kier alpha value is -1.76. The number of hydrogen-bond acceptors (Lipinski definition) is 1. The molecule has 1 N–H and O–H groups in total. The summed E-state index contributed by atoms with van der Waals surface area (Å²) < 4.78 is 0. The molecule has 0 spiro atoms. The molecule has 0 unspecified atom stereocenters. The van der Waals surface area contributed by atoms with Gasteiger partial charge in [-0.05, 0) is 47.6 Å². The first-order valence-corrected chi connectivity index (χ1v) is 7.28. The summed E-state index contributed by atoms with van der Waals surface area (Å²) in [6, 6.07) is 15.1. The molecule has 0 atom stereocenters. The van der Waals surface area contributed by atoms with Gasteiger partial charge in [0.05, 0.1) is 0 Å². The maximum absolute atomic E-state index is 3.60. The zero-order valence-corrected chi connectivity index (χ0v) is 13.2. The van der Waals surface area contributed by atoms with Crippen molar-refractivity contribution in [3.05, 3.63) is 64.7 Å². The monoisotopic (exact) mass is 267 g/mol. The predicted molar refractivity (Wildman–Crippen MR) is 88.4 cm³/mol. The summed E-state index contributed by atoms with van der Waals surface area (Å²) in [6.45, 7) is 12.0. The minimum Gasteiger partial charge on any atom is -0.381 e. The highest BCUT2D eigenvalue weighted by Gasteiger charge is 2.17. The van der Waals surface area contributed by atoms with E-state index in [0.717, 1.165) is 6.54 Å². The Morgan fingerprint density at radius 3 is 2.30 bits per heavy atom. The maximum Gasteiger partial charge on any atom is 0.0403 e. The molecule has 0 aliphatic heterocycles. The number of aryl methyl sites for hydroxylation is 1. The molecule has 2 aromatic rings. The molecular formula is C19H25N. The molecule has 0 heterocycles. The van der Waals surface area contributed by atoms with Crippen molar-refractivity contribution in [2.75, 3.05) is 5.32 Å². The Morgan fingerprint density at radius 1 is 0.900 bits per heavy atom. The van der Waals surface area contributed by atoms with E-state index < -0.39 is 0 Å². The van der Waals surface area contributed by atoms with Crippen molar-refractivity contribution in [1.29, 1.82) is 0 Å². The van der Waals surface area contributed by atoms with Gasteiger partial charge in [-0.3, -0.25) is 0 Å². The summed E-state index contributed by atoms with van der Waals surface area (Å²) in [5.74, 6) is 0. The largest absolute Gasteiger partial charge is 0.381 e. The van der Waals surface area contributed by atoms with Gasteiger partial charge in [-0.1, -0.05) is 57.2 Å². The fourth-order valence-electron chi connectivity index (χ4n) is 2.49. The van der Waals surface area contributed by atoms with E-state index in [0.29, 0.717) is 0 Å². The first kappa shape index (κ1) is 14.6. The van der Waals surface area contributed by atoms with Gasteiger partial charge in [0.2, 0.25) is 0 Å². The average molecular weight is 267 g/mol. The van der Waals surface area contributed by atoms with E-state index in [4.69, 9.17) is 0 Å². The van der Waals surface area contributed by atoms with Gasteiger partial charge in [0, 0.05) is 12.2 Å². The number of benzene rings is 2. The van der Waals surface area contributed by atoms with Crippen molar-refractivity contribution in [2.45, 2.75) is 46.6 Å². The zero-order chi connectivity index (χ0) is 14.8. The maximum atomic E-state index is 3.60. The van der Waals surface area contributed by atoms with Crippen LogP contribution in [0.25, 0.3) is 0 Å². The molecule has 2 aromatic carbocycles. The second-order valence-electron chi connectivity index (χ2n) is 6.51. The van der Waals surface area contributed by atoms with Crippen LogP contribution in [0.5, 0.6) is 0 Å². The summed E-state index contributed by atoms with van der Waals surface area (Å²) in [5.41, 5.74) is 6.87. The molecule has 0 aliphatic rings. The van der Waals surface area contributed by atoms with Crippen LogP contribution in [0.3, 0.4) is 0 Å². The Morgan fingerprint density at radius 2 is 1.60 bits per heavy atom. The number of anilines is 1. The van der Waals surface area contributed by atoms with Crippen LogP contribution in [0.2, 0.25) is 0 Å². The lowest BCUT2D eigenvalue weighted by Gasteiger charge is -2.23. The van der Waals surface area contributed by atoms with E-state index in [1.807, 2.05) is 0 Å². The van der Waals surface area contributed by atoms with Gasteiger partial charge in [-0.2, -0.15) is 0 Å². The van der Waals surface area contributed by atoms with Crippen molar-refractivity contribution in [1.82, 2.24) is 0 Å². The van der Waals surface area contributed by atoms with E-state index in [-0.39, 0.29) is 5.41 Å². The molecule has 0 aliphatic carbocycles. The smallest absolute Gasteiger partial charge is 0.0403 e. The van der Waals surface area contributed by atoms with Gasteiger partial charge < -0.3 is 5.32 Å². The first-order chi connectivity index (χ1) is 9.39. The fraction of sp³-hybridized carbons (Fsp3) is 0.368. The van der Waals surface area contributed by atoms with Gasteiger partial charge in [-0.15, -0.1) is 0 Å². The van der Waals surface area contributed by atoms with Crippen LogP contribution >= 0.6 is 0 Å². The van der Waals surface area contributed by atoms with Crippen molar-refractivity contribution >= 4 is 5.69 Å². The average Bonchev–Trinajstić information content (AvgIpc) is 2.40. The van der Waals surface area contributed by atoms with Crippen LogP contribution < -0.4 is 5.32 Å². The van der Waals surface area contributed by atoms with Crippen LogP contribution in [0, 0.1) is 13.8 Å². The minimum atomic E-state index is 0.158. The van der Waals surface area contributed by atoms with Gasteiger partial charge in [0.15, 0.2) is 0 Å². The second kappa shape index (κ2) is 5.70. The quantitative estimate of drug-likeness (QED) is 0.804. The van der Waals surface area contributed by atoms with Gasteiger partial charge in [-0.25, -0.2) is 0 Å². The van der Waals surface area contributed by atoms with Crippen LogP contribution in [0.4, 0.5) is 5.69 Å². The van der Waals surface area contributed by atoms with Crippen LogP contribution in [0.1, 0.15) is 43.0 Å². The van der Waals surface area contributed by atoms with E-state index >= 15 is 0 Å². The van der Waals surface area contributed by atoms with Crippen molar-refractivity contribution in [2.24, 2.45) is 0 Å². The normalized spacial score (nSPS) is 11.4. The highest BCUT2D eigenvalue weighted by Crippen LogP contribution is 2.29. The number of para-hydroxylation sites is 1. The molecule has 0 aromatic heterocycles. The third-order valence-electron chi connectivity index (χ3n) is 3.92. The van der Waals surface area contributed by atoms with E-state index in [1.165, 1.54) is 27.9 Å². The lowest BCUT2D eigenvalue weighted by molar-refractivity contribution is 0.591. The van der Waals surface area contributed by atoms with E-state index in [2.05, 4.69) is 82.4 Å². The second-order valence-corrected chi connectivity index (χ2v) is 6.51. The Kier molecular flexibility index (Phi) is 4.17. The summed E-state index contributed by atoms with van der Waals surface area (Å²) in [5, 5.41) is 3.60. The van der Waals surface area contributed by atoms with Gasteiger partial charge in [0.1, 0.15) is 0 Å². The fourth-order valence-corrected chi connectivity index (χ4v) is 2.49. The number of rotatable bonds is 3. The summed E-state index contributed by atoms with van der Waals surface area (Å²) in [7, 11) is 0. The summed E-state index contributed by atoms with van der Waals surface area (Å²) in [4.78, 5) is 0. The molecule has 106 valence electrons. The third-order valence-corrected chi connectivity index (χ3v) is 3.92. The SMILES string of the molecule is Cc1cccc(CNc2ccccc2C(C)(C)C)c1C. The Labute approximate surface area is 123 Å². The molecule has 0 fully saturated rings. The first-order valence-electron chi connectivity index (χ1n) is 7.28. The van der Waals surface area contributed by atoms with Crippen LogP contribution in [0.15, 0.2) is 42.5 Å². The highest BCUT2D eigenvalue weighted by molar-refractivity contribution is 5.54. The Bertz CT molecular complexity index is 591. The molecule has 1 nitrogen and oxygen atoms in total. The topological polar surface area (TPSA) is 12.0 Å². The minimum absolute atomic E-state index is 0.158. The van der Waals surface area contributed by atoms with Crippen molar-refractivity contribution < 1.29 is 0 Å². The molecule has 1 heteroatoms. The standard InChI is InChI=1S/C19H25N/c1-14-9-8-10-16(15(14)2)13-20-18-12-7-6-11-17(18)19(3,4)5/h6-12,20H,13H2,1-5H3. The van der Waals surface area contributed by atoms with Gasteiger partial charge in [0.25, 0.3) is 0 Å². The molecule has 2 rings (SSSR count). The molecule has 0 radical (unpaired) electrons. The molecule has 20 heavy (non-hydrogen) atoms. The molecule has 0 amide bonds. The molecular weight excluding hydrogens is 242 g/mol. The lowest BCUT2D eigenvalue weighted by atomic mass is 9.86. The van der Waals surface area contributed by atoms with Crippen LogP contribution in [-0.2, 0) is 12.0 Å². The van der Waals surface area contributed by atoms with E-state index in [1.54, 1.807) is 0 Å². The lowest BCUT2D eigenvalue weighted by Crippen LogP contribution is -2.15. The predicted octanol–water partition coefficient (Wildman–Crippen LogP) is 5.21.